The van der Waals surface area contributed by atoms with Crippen molar-refractivity contribution in [1.82, 2.24) is 25.1 Å². The zero-order valence-electron chi connectivity index (χ0n) is 18.3. The van der Waals surface area contributed by atoms with Crippen molar-refractivity contribution in [3.8, 4) is 11.4 Å². The molecule has 4 aromatic rings. The van der Waals surface area contributed by atoms with Crippen molar-refractivity contribution in [2.45, 2.75) is 11.7 Å². The first-order chi connectivity index (χ1) is 17.4. The summed E-state index contributed by atoms with van der Waals surface area (Å²) in [5.74, 6) is 0.356. The Kier molecular flexibility index (Phi) is 9.21. The zero-order chi connectivity index (χ0) is 25.5. The quantitative estimate of drug-likeness (QED) is 0.232. The fourth-order valence-electron chi connectivity index (χ4n) is 2.89. The van der Waals surface area contributed by atoms with Gasteiger partial charge in [0.05, 0.1) is 17.3 Å². The first-order valence-electron chi connectivity index (χ1n) is 10.3. The van der Waals surface area contributed by atoms with Gasteiger partial charge in [0.2, 0.25) is 5.91 Å². The van der Waals surface area contributed by atoms with Crippen LogP contribution in [-0.4, -0.2) is 43.9 Å². The molecule has 4 rings (SSSR count). The highest BCUT2D eigenvalue weighted by Gasteiger charge is 2.17. The second-order valence-electron chi connectivity index (χ2n) is 7.02. The van der Waals surface area contributed by atoms with Crippen LogP contribution in [0.2, 0.25) is 10.0 Å². The number of carbonyl (C=O) groups excluding carboxylic acids is 2. The molecule has 0 fully saturated rings. The van der Waals surface area contributed by atoms with Gasteiger partial charge in [-0.05, 0) is 42.5 Å². The van der Waals surface area contributed by atoms with Crippen molar-refractivity contribution in [1.29, 1.82) is 0 Å². The highest BCUT2D eigenvalue weighted by atomic mass is 79.9. The molecule has 0 saturated carbocycles. The Hall–Kier alpha value is -2.64. The molecule has 0 unspecified atom stereocenters. The average molecular weight is 628 g/mol. The van der Waals surface area contributed by atoms with E-state index in [1.165, 1.54) is 29.2 Å². The van der Waals surface area contributed by atoms with E-state index in [0.29, 0.717) is 31.9 Å². The van der Waals surface area contributed by atoms with E-state index in [9.17, 15) is 9.59 Å². The summed E-state index contributed by atoms with van der Waals surface area (Å²) in [7, 11) is 0. The number of thioether (sulfide) groups is 1. The lowest BCUT2D eigenvalue weighted by Gasteiger charge is -2.12. The molecule has 0 atom stereocenters. The number of hydrogen-bond donors (Lipinski definition) is 2. The first kappa shape index (κ1) is 26.4. The Morgan fingerprint density at radius 1 is 1.11 bits per heavy atom. The lowest BCUT2D eigenvalue weighted by atomic mass is 10.3. The van der Waals surface area contributed by atoms with Crippen molar-refractivity contribution in [2.24, 2.45) is 0 Å². The molecule has 0 aliphatic rings. The van der Waals surface area contributed by atoms with Crippen LogP contribution in [0.4, 0.5) is 5.13 Å². The second-order valence-corrected chi connectivity index (χ2v) is 10.6. The molecule has 0 aliphatic carbocycles. The predicted molar refractivity (Wildman–Crippen MR) is 144 cm³/mol. The second kappa shape index (κ2) is 12.5. The summed E-state index contributed by atoms with van der Waals surface area (Å²) in [6, 6.07) is 12.3. The number of carbonyl (C=O) groups is 2. The van der Waals surface area contributed by atoms with Crippen molar-refractivity contribution < 1.29 is 14.3 Å². The van der Waals surface area contributed by atoms with E-state index >= 15 is 0 Å². The average Bonchev–Trinajstić information content (AvgIpc) is 3.51. The van der Waals surface area contributed by atoms with Gasteiger partial charge in [0.1, 0.15) is 5.75 Å². The summed E-state index contributed by atoms with van der Waals surface area (Å²) < 4.78 is 8.17. The van der Waals surface area contributed by atoms with Crippen LogP contribution in [0.1, 0.15) is 5.82 Å². The third kappa shape index (κ3) is 7.20. The minimum atomic E-state index is -0.372. The molecule has 9 nitrogen and oxygen atoms in total. The Bertz CT molecular complexity index is 1350. The van der Waals surface area contributed by atoms with Crippen LogP contribution in [0, 0.1) is 0 Å². The van der Waals surface area contributed by atoms with Gasteiger partial charge in [-0.3, -0.25) is 14.2 Å². The molecule has 0 spiro atoms. The molecule has 14 heteroatoms. The van der Waals surface area contributed by atoms with E-state index in [0.717, 1.165) is 10.2 Å². The largest absolute Gasteiger partial charge is 0.482 e. The van der Waals surface area contributed by atoms with Crippen LogP contribution in [0.5, 0.6) is 5.75 Å². The number of benzene rings is 2. The fourth-order valence-corrected chi connectivity index (χ4v) is 4.94. The van der Waals surface area contributed by atoms with Gasteiger partial charge in [-0.1, -0.05) is 50.9 Å². The zero-order valence-corrected chi connectivity index (χ0v) is 23.0. The van der Waals surface area contributed by atoms with E-state index in [2.05, 4.69) is 41.7 Å². The maximum absolute atomic E-state index is 12.4. The van der Waals surface area contributed by atoms with Gasteiger partial charge in [0, 0.05) is 26.8 Å². The van der Waals surface area contributed by atoms with Crippen molar-refractivity contribution in [2.75, 3.05) is 17.7 Å². The molecule has 186 valence electrons. The van der Waals surface area contributed by atoms with Crippen LogP contribution in [0.3, 0.4) is 0 Å². The first-order valence-corrected chi connectivity index (χ1v) is 13.7. The molecule has 2 aromatic carbocycles. The number of anilines is 1. The van der Waals surface area contributed by atoms with Gasteiger partial charge in [-0.25, -0.2) is 4.98 Å². The molecule has 0 saturated heterocycles. The highest BCUT2D eigenvalue weighted by molar-refractivity contribution is 9.10. The van der Waals surface area contributed by atoms with Crippen molar-refractivity contribution >= 4 is 79.2 Å². The van der Waals surface area contributed by atoms with Gasteiger partial charge in [0.15, 0.2) is 22.7 Å². The number of nitrogens with zero attached hydrogens (tertiary/aromatic N) is 4. The minimum Gasteiger partial charge on any atom is -0.482 e. The number of aromatic nitrogens is 4. The van der Waals surface area contributed by atoms with Gasteiger partial charge in [0.25, 0.3) is 5.91 Å². The van der Waals surface area contributed by atoms with Gasteiger partial charge < -0.3 is 15.4 Å². The van der Waals surface area contributed by atoms with Crippen LogP contribution in [-0.2, 0) is 16.1 Å². The van der Waals surface area contributed by atoms with E-state index < -0.39 is 0 Å². The number of nitrogens with one attached hydrogen (secondary N) is 2. The summed E-state index contributed by atoms with van der Waals surface area (Å²) in [4.78, 5) is 28.8. The smallest absolute Gasteiger partial charge is 0.258 e. The van der Waals surface area contributed by atoms with Crippen LogP contribution in [0.15, 0.2) is 63.7 Å². The van der Waals surface area contributed by atoms with Crippen LogP contribution < -0.4 is 15.4 Å². The number of rotatable bonds is 10. The monoisotopic (exact) mass is 626 g/mol. The molecule has 36 heavy (non-hydrogen) atoms. The predicted octanol–water partition coefficient (Wildman–Crippen LogP) is 5.22. The highest BCUT2D eigenvalue weighted by Crippen LogP contribution is 2.27. The summed E-state index contributed by atoms with van der Waals surface area (Å²) >= 11 is 17.9. The number of amides is 2. The van der Waals surface area contributed by atoms with Crippen LogP contribution >= 0.6 is 62.2 Å². The lowest BCUT2D eigenvalue weighted by molar-refractivity contribution is -0.123. The molecule has 0 radical (unpaired) electrons. The van der Waals surface area contributed by atoms with Crippen LogP contribution in [0.25, 0.3) is 5.69 Å². The van der Waals surface area contributed by atoms with E-state index in [1.54, 1.807) is 28.3 Å². The van der Waals surface area contributed by atoms with Crippen molar-refractivity contribution in [3.05, 3.63) is 74.4 Å². The minimum absolute atomic E-state index is 0.0888. The SMILES string of the molecule is O=C(COc1ccc(Cl)cc1Cl)NCc1nnc(SCC(=O)Nc2nccs2)n1-c1ccc(Br)cc1. The van der Waals surface area contributed by atoms with E-state index in [4.69, 9.17) is 27.9 Å². The molecule has 0 bridgehead atoms. The van der Waals surface area contributed by atoms with E-state index in [-0.39, 0.29) is 30.7 Å². The Morgan fingerprint density at radius 3 is 2.64 bits per heavy atom. The van der Waals surface area contributed by atoms with Crippen molar-refractivity contribution in [3.63, 3.8) is 0 Å². The lowest BCUT2D eigenvalue weighted by Crippen LogP contribution is -2.29. The Balaban J connectivity index is 1.42. The molecular formula is C22H17BrCl2N6O3S2. The number of ether oxygens (including phenoxy) is 1. The third-order valence-corrected chi connectivity index (χ3v) is 7.17. The molecule has 0 aliphatic heterocycles. The van der Waals surface area contributed by atoms with Gasteiger partial charge >= 0.3 is 0 Å². The maximum Gasteiger partial charge on any atom is 0.258 e. The standard InChI is InChI=1S/C22H17BrCl2N6O3S2/c23-13-1-4-15(5-2-13)31-18(10-27-19(32)11-34-17-6-3-14(24)9-16(17)25)29-30-22(31)36-12-20(33)28-21-26-7-8-35-21/h1-9H,10-12H2,(H,27,32)(H,26,28,33). The number of hydrogen-bond acceptors (Lipinski definition) is 8. The maximum atomic E-state index is 12.4. The fraction of sp³-hybridized carbons (Fsp3) is 0.136. The van der Waals surface area contributed by atoms with Gasteiger partial charge in [-0.15, -0.1) is 21.5 Å². The Morgan fingerprint density at radius 2 is 1.92 bits per heavy atom. The molecule has 2 heterocycles. The van der Waals surface area contributed by atoms with Gasteiger partial charge in [-0.2, -0.15) is 0 Å². The summed E-state index contributed by atoms with van der Waals surface area (Å²) in [6.45, 7) is -0.155. The normalized spacial score (nSPS) is 10.8. The molecule has 2 N–H and O–H groups in total. The molecular weight excluding hydrogens is 611 g/mol. The number of thiazole rings is 1. The summed E-state index contributed by atoms with van der Waals surface area (Å²) in [5, 5.41) is 17.6. The topological polar surface area (TPSA) is 111 Å². The number of halogens is 3. The third-order valence-electron chi connectivity index (χ3n) is 4.49. The Labute approximate surface area is 232 Å². The molecule has 2 amide bonds. The summed E-state index contributed by atoms with van der Waals surface area (Å²) in [6.07, 6.45) is 1.62. The summed E-state index contributed by atoms with van der Waals surface area (Å²) in [5.41, 5.74) is 0.777. The van der Waals surface area contributed by atoms with E-state index in [1.807, 2.05) is 24.3 Å². The molecule has 2 aromatic heterocycles.